The number of carbonyl (C=O) groups excluding carboxylic acids is 1. The average Bonchev–Trinajstić information content (AvgIpc) is 2.24. The molecule has 0 aromatic carbocycles. The Bertz CT molecular complexity index is 350. The van der Waals surface area contributed by atoms with Crippen molar-refractivity contribution >= 4 is 11.9 Å². The van der Waals surface area contributed by atoms with Crippen molar-refractivity contribution in [3.63, 3.8) is 0 Å². The third-order valence-corrected chi connectivity index (χ3v) is 3.81. The molecule has 0 radical (unpaired) electrons. The number of carbonyl (C=O) groups is 2. The van der Waals surface area contributed by atoms with Gasteiger partial charge in [0.05, 0.1) is 11.0 Å². The average molecular weight is 287 g/mol. The fourth-order valence-electron chi connectivity index (χ4n) is 2.16. The summed E-state index contributed by atoms with van der Waals surface area (Å²) in [5.74, 6) is -1.15. The highest BCUT2D eigenvalue weighted by Gasteiger charge is 2.39. The molecule has 5 nitrogen and oxygen atoms in total. The van der Waals surface area contributed by atoms with E-state index in [1.165, 1.54) is 0 Å². The zero-order valence-corrected chi connectivity index (χ0v) is 13.5. The van der Waals surface area contributed by atoms with Gasteiger partial charge in [0.15, 0.2) is 0 Å². The van der Waals surface area contributed by atoms with Crippen LogP contribution < -0.4 is 5.32 Å². The second kappa shape index (κ2) is 7.07. The Labute approximate surface area is 121 Å². The molecule has 0 aliphatic carbocycles. The molecule has 3 N–H and O–H groups in total. The second-order valence-corrected chi connectivity index (χ2v) is 6.93. The maximum Gasteiger partial charge on any atom is 0.310 e. The Morgan fingerprint density at radius 1 is 1.15 bits per heavy atom. The van der Waals surface area contributed by atoms with Crippen LogP contribution in [0, 0.1) is 17.3 Å². The van der Waals surface area contributed by atoms with Crippen LogP contribution in [0.4, 0.5) is 0 Å². The van der Waals surface area contributed by atoms with Gasteiger partial charge in [-0.1, -0.05) is 27.7 Å². The number of nitrogens with one attached hydrogen (secondary N) is 1. The van der Waals surface area contributed by atoms with Gasteiger partial charge < -0.3 is 15.5 Å². The van der Waals surface area contributed by atoms with Crippen LogP contribution in [0.1, 0.15) is 54.4 Å². The molecular weight excluding hydrogens is 258 g/mol. The van der Waals surface area contributed by atoms with Crippen LogP contribution in [0.2, 0.25) is 0 Å². The number of carboxylic acid groups (broad SMARTS) is 1. The Kier molecular flexibility index (Phi) is 6.68. The lowest BCUT2D eigenvalue weighted by molar-refractivity contribution is -0.153. The number of rotatable bonds is 8. The number of aliphatic hydroxyl groups is 1. The van der Waals surface area contributed by atoms with Gasteiger partial charge in [0.25, 0.3) is 0 Å². The summed E-state index contributed by atoms with van der Waals surface area (Å²) in [5, 5.41) is 22.0. The van der Waals surface area contributed by atoms with E-state index < -0.39 is 17.0 Å². The molecule has 1 amide bonds. The van der Waals surface area contributed by atoms with Gasteiger partial charge in [-0.15, -0.1) is 0 Å². The number of amides is 1. The van der Waals surface area contributed by atoms with Crippen LogP contribution in [0.15, 0.2) is 0 Å². The molecule has 2 atom stereocenters. The third-order valence-electron chi connectivity index (χ3n) is 3.81. The lowest BCUT2D eigenvalue weighted by Gasteiger charge is -2.30. The normalized spacial score (nSPS) is 17.6. The van der Waals surface area contributed by atoms with Gasteiger partial charge in [0.2, 0.25) is 5.91 Å². The van der Waals surface area contributed by atoms with Crippen molar-refractivity contribution in [3.05, 3.63) is 0 Å². The Hall–Kier alpha value is -1.10. The van der Waals surface area contributed by atoms with Gasteiger partial charge in [0, 0.05) is 13.0 Å². The van der Waals surface area contributed by atoms with Crippen molar-refractivity contribution in [1.29, 1.82) is 0 Å². The van der Waals surface area contributed by atoms with Gasteiger partial charge in [-0.05, 0) is 32.1 Å². The summed E-state index contributed by atoms with van der Waals surface area (Å²) in [7, 11) is 0. The molecule has 0 bridgehead atoms. The van der Waals surface area contributed by atoms with E-state index in [4.69, 9.17) is 0 Å². The molecule has 118 valence electrons. The molecule has 0 aliphatic heterocycles. The van der Waals surface area contributed by atoms with E-state index in [2.05, 4.69) is 5.32 Å². The lowest BCUT2D eigenvalue weighted by atomic mass is 9.76. The zero-order chi connectivity index (χ0) is 16.1. The van der Waals surface area contributed by atoms with E-state index >= 15 is 0 Å². The maximum absolute atomic E-state index is 11.9. The van der Waals surface area contributed by atoms with Crippen molar-refractivity contribution in [1.82, 2.24) is 5.32 Å². The van der Waals surface area contributed by atoms with Crippen LogP contribution in [0.25, 0.3) is 0 Å². The molecule has 20 heavy (non-hydrogen) atoms. The van der Waals surface area contributed by atoms with Gasteiger partial charge in [-0.25, -0.2) is 0 Å². The first-order valence-corrected chi connectivity index (χ1v) is 7.13. The largest absolute Gasteiger partial charge is 0.481 e. The monoisotopic (exact) mass is 287 g/mol. The first-order valence-electron chi connectivity index (χ1n) is 7.13. The van der Waals surface area contributed by atoms with E-state index in [1.807, 2.05) is 13.8 Å². The minimum atomic E-state index is -1.09. The highest BCUT2D eigenvalue weighted by Crippen LogP contribution is 2.31. The van der Waals surface area contributed by atoms with E-state index in [-0.39, 0.29) is 24.8 Å². The molecule has 0 saturated heterocycles. The number of carboxylic acids is 1. The number of aliphatic carboxylic acids is 1. The van der Waals surface area contributed by atoms with Crippen LogP contribution in [-0.4, -0.2) is 34.2 Å². The topological polar surface area (TPSA) is 86.6 Å². The van der Waals surface area contributed by atoms with E-state index in [0.717, 1.165) is 0 Å². The Morgan fingerprint density at radius 2 is 1.65 bits per heavy atom. The molecule has 0 aromatic rings. The summed E-state index contributed by atoms with van der Waals surface area (Å²) in [6.45, 7) is 11.0. The van der Waals surface area contributed by atoms with Crippen LogP contribution in [-0.2, 0) is 9.59 Å². The molecule has 0 aliphatic rings. The number of hydrogen-bond donors (Lipinski definition) is 3. The molecule has 0 heterocycles. The highest BCUT2D eigenvalue weighted by molar-refractivity contribution is 5.84. The highest BCUT2D eigenvalue weighted by atomic mass is 16.4. The molecule has 0 saturated carbocycles. The summed E-state index contributed by atoms with van der Waals surface area (Å²) in [4.78, 5) is 23.2. The van der Waals surface area contributed by atoms with Crippen LogP contribution in [0.5, 0.6) is 0 Å². The predicted octanol–water partition coefficient (Wildman–Crippen LogP) is 2.04. The summed E-state index contributed by atoms with van der Waals surface area (Å²) in [6.07, 6.45) is 0.491. The SMILES string of the molecule is CC(C)CC(C)(O)CNC(=O)CC(C)(C(=O)O)C(C)C. The summed E-state index contributed by atoms with van der Waals surface area (Å²) < 4.78 is 0. The Morgan fingerprint density at radius 3 is 2.00 bits per heavy atom. The first kappa shape index (κ1) is 18.9. The van der Waals surface area contributed by atoms with Crippen LogP contribution >= 0.6 is 0 Å². The van der Waals surface area contributed by atoms with Crippen molar-refractivity contribution in [2.45, 2.75) is 60.0 Å². The molecule has 5 heteroatoms. The smallest absolute Gasteiger partial charge is 0.310 e. The third kappa shape index (κ3) is 5.90. The van der Waals surface area contributed by atoms with Gasteiger partial charge in [0.1, 0.15) is 0 Å². The summed E-state index contributed by atoms with van der Waals surface area (Å²) in [5.41, 5.74) is -2.06. The van der Waals surface area contributed by atoms with E-state index in [9.17, 15) is 19.8 Å². The molecule has 0 fully saturated rings. The van der Waals surface area contributed by atoms with Crippen molar-refractivity contribution in [3.8, 4) is 0 Å². The van der Waals surface area contributed by atoms with Crippen LogP contribution in [0.3, 0.4) is 0 Å². The quantitative estimate of drug-likeness (QED) is 0.637. The molecule has 0 rings (SSSR count). The minimum absolute atomic E-state index is 0.0856. The fourth-order valence-corrected chi connectivity index (χ4v) is 2.16. The summed E-state index contributed by atoms with van der Waals surface area (Å²) >= 11 is 0. The van der Waals surface area contributed by atoms with Gasteiger partial charge in [-0.3, -0.25) is 9.59 Å². The zero-order valence-electron chi connectivity index (χ0n) is 13.5. The van der Waals surface area contributed by atoms with Gasteiger partial charge in [-0.2, -0.15) is 0 Å². The number of hydrogen-bond acceptors (Lipinski definition) is 3. The van der Waals surface area contributed by atoms with Crippen molar-refractivity contribution < 1.29 is 19.8 Å². The Balaban J connectivity index is 4.53. The second-order valence-electron chi connectivity index (χ2n) is 6.93. The van der Waals surface area contributed by atoms with E-state index in [0.29, 0.717) is 12.3 Å². The maximum atomic E-state index is 11.9. The predicted molar refractivity (Wildman–Crippen MR) is 78.3 cm³/mol. The van der Waals surface area contributed by atoms with E-state index in [1.54, 1.807) is 27.7 Å². The van der Waals surface area contributed by atoms with Crippen molar-refractivity contribution in [2.75, 3.05) is 6.54 Å². The first-order chi connectivity index (χ1) is 8.90. The molecule has 2 unspecified atom stereocenters. The molecular formula is C15H29NO4. The lowest BCUT2D eigenvalue weighted by Crippen LogP contribution is -2.44. The standard InChI is InChI=1S/C15H29NO4/c1-10(2)7-14(5,20)9-16-12(17)8-15(6,11(3)4)13(18)19/h10-11,20H,7-9H2,1-6H3,(H,16,17)(H,18,19). The molecule has 0 aromatic heterocycles. The molecule has 0 spiro atoms. The van der Waals surface area contributed by atoms with Crippen molar-refractivity contribution in [2.24, 2.45) is 17.3 Å². The fraction of sp³-hybridized carbons (Fsp3) is 0.867. The van der Waals surface area contributed by atoms with Gasteiger partial charge >= 0.3 is 5.97 Å². The minimum Gasteiger partial charge on any atom is -0.481 e. The summed E-state index contributed by atoms with van der Waals surface area (Å²) in [6, 6.07) is 0.